The zero-order valence-electron chi connectivity index (χ0n) is 9.94. The molecule has 0 fully saturated rings. The Balaban J connectivity index is 4.50. The normalized spacial score (nSPS) is 13.5. The summed E-state index contributed by atoms with van der Waals surface area (Å²) in [6.07, 6.45) is 1.35. The smallest absolute Gasteiger partial charge is 0.0476 e. The third kappa shape index (κ3) is 2.93. The topological polar surface area (TPSA) is 0 Å². The number of rotatable bonds is 4. The average molecular weight is 186 g/mol. The molecule has 0 rings (SSSR count). The minimum atomic E-state index is -0.590. The zero-order chi connectivity index (χ0) is 9.94. The van der Waals surface area contributed by atoms with Crippen LogP contribution >= 0.6 is 0 Å². The summed E-state index contributed by atoms with van der Waals surface area (Å²) in [5, 5.41) is 0.641. The van der Waals surface area contributed by atoms with Crippen molar-refractivity contribution in [3.05, 3.63) is 0 Å². The molecule has 0 heterocycles. The maximum atomic E-state index is 2.46. The van der Waals surface area contributed by atoms with Crippen LogP contribution in [0.3, 0.4) is 0 Å². The van der Waals surface area contributed by atoms with Crippen molar-refractivity contribution in [1.29, 1.82) is 0 Å². The molecule has 0 amide bonds. The molecule has 0 saturated heterocycles. The molecular weight excluding hydrogens is 160 g/mol. The molecule has 0 atom stereocenters. The molecule has 0 aromatic carbocycles. The van der Waals surface area contributed by atoms with E-state index in [-0.39, 0.29) is 0 Å². The van der Waals surface area contributed by atoms with E-state index >= 15 is 0 Å². The van der Waals surface area contributed by atoms with Gasteiger partial charge in [0.15, 0.2) is 0 Å². The Hall–Kier alpha value is 0.217. The molecule has 12 heavy (non-hydrogen) atoms. The summed E-state index contributed by atoms with van der Waals surface area (Å²) in [7, 11) is -0.590. The van der Waals surface area contributed by atoms with E-state index < -0.39 is 8.80 Å². The molecule has 1 heteroatoms. The summed E-state index contributed by atoms with van der Waals surface area (Å²) in [6.45, 7) is 16.9. The van der Waals surface area contributed by atoms with Gasteiger partial charge in [-0.3, -0.25) is 0 Å². The fourth-order valence-corrected chi connectivity index (χ4v) is 8.43. The van der Waals surface area contributed by atoms with Crippen LogP contribution in [0.1, 0.15) is 54.9 Å². The molecule has 0 aliphatic carbocycles. The van der Waals surface area contributed by atoms with E-state index in [1.807, 2.05) is 0 Å². The summed E-state index contributed by atoms with van der Waals surface area (Å²) >= 11 is 0. The van der Waals surface area contributed by atoms with Gasteiger partial charge in [-0.1, -0.05) is 66.0 Å². The van der Waals surface area contributed by atoms with Gasteiger partial charge in [-0.2, -0.15) is 0 Å². The lowest BCUT2D eigenvalue weighted by molar-refractivity contribution is 0.604. The van der Waals surface area contributed by atoms with Crippen LogP contribution in [-0.2, 0) is 0 Å². The second kappa shape index (κ2) is 4.45. The van der Waals surface area contributed by atoms with Crippen molar-refractivity contribution in [2.24, 2.45) is 0 Å². The zero-order valence-corrected chi connectivity index (χ0v) is 11.1. The minimum Gasteiger partial charge on any atom is -0.0654 e. The Morgan fingerprint density at radius 1 is 1.00 bits per heavy atom. The monoisotopic (exact) mass is 186 g/mol. The van der Waals surface area contributed by atoms with Gasteiger partial charge in [0.2, 0.25) is 0 Å². The van der Waals surface area contributed by atoms with Gasteiger partial charge in [0.25, 0.3) is 0 Å². The minimum absolute atomic E-state index is 0.590. The number of hydrogen-bond acceptors (Lipinski definition) is 0. The molecule has 74 valence electrons. The van der Waals surface area contributed by atoms with Crippen LogP contribution in [0, 0.1) is 0 Å². The van der Waals surface area contributed by atoms with Gasteiger partial charge in [0.1, 0.15) is 0 Å². The molecule has 0 saturated carbocycles. The highest BCUT2D eigenvalue weighted by Crippen LogP contribution is 2.42. The van der Waals surface area contributed by atoms with Crippen LogP contribution < -0.4 is 0 Å². The van der Waals surface area contributed by atoms with Gasteiger partial charge >= 0.3 is 0 Å². The molecular formula is C11H26Si. The lowest BCUT2D eigenvalue weighted by atomic mass is 10.1. The lowest BCUT2D eigenvalue weighted by Gasteiger charge is -2.38. The van der Waals surface area contributed by atoms with Crippen molar-refractivity contribution in [1.82, 2.24) is 0 Å². The molecule has 0 radical (unpaired) electrons. The van der Waals surface area contributed by atoms with E-state index in [0.29, 0.717) is 5.04 Å². The quantitative estimate of drug-likeness (QED) is 0.577. The van der Waals surface area contributed by atoms with Crippen molar-refractivity contribution in [3.8, 4) is 0 Å². The molecule has 0 nitrogen and oxygen atoms in total. The van der Waals surface area contributed by atoms with Gasteiger partial charge in [0, 0.05) is 8.80 Å². The van der Waals surface area contributed by atoms with Crippen LogP contribution in [0.15, 0.2) is 0 Å². The Morgan fingerprint density at radius 3 is 1.42 bits per heavy atom. The summed E-state index contributed by atoms with van der Waals surface area (Å²) < 4.78 is 0. The van der Waals surface area contributed by atoms with Gasteiger partial charge < -0.3 is 0 Å². The predicted octanol–water partition coefficient (Wildman–Crippen LogP) is 4.22. The van der Waals surface area contributed by atoms with Crippen LogP contribution in [0.4, 0.5) is 0 Å². The molecule has 0 aliphatic heterocycles. The maximum Gasteiger partial charge on any atom is 0.0476 e. The van der Waals surface area contributed by atoms with Gasteiger partial charge in [-0.05, 0) is 5.04 Å². The van der Waals surface area contributed by atoms with E-state index in [9.17, 15) is 0 Å². The molecule has 0 aromatic heterocycles. The van der Waals surface area contributed by atoms with Gasteiger partial charge in [0.05, 0.1) is 0 Å². The van der Waals surface area contributed by atoms with Crippen molar-refractivity contribution in [3.63, 3.8) is 0 Å². The summed E-state index contributed by atoms with van der Waals surface area (Å²) in [6, 6.07) is 0. The van der Waals surface area contributed by atoms with Crippen LogP contribution in [0.5, 0.6) is 0 Å². The Bertz CT molecular complexity index is 117. The molecule has 0 bridgehead atoms. The van der Waals surface area contributed by atoms with Crippen LogP contribution in [-0.4, -0.2) is 8.80 Å². The second-order valence-electron chi connectivity index (χ2n) is 5.36. The highest BCUT2D eigenvalue weighted by Gasteiger charge is 2.33. The molecule has 0 N–H and O–H groups in total. The first-order valence-corrected chi connectivity index (χ1v) is 7.24. The van der Waals surface area contributed by atoms with Crippen LogP contribution in [0.2, 0.25) is 16.1 Å². The first-order chi connectivity index (χ1) is 5.33. The summed E-state index contributed by atoms with van der Waals surface area (Å²) in [5.74, 6) is 0. The standard InChI is InChI=1S/C11H26Si/c1-8-11(6,7)12(9(2)3)10(4)5/h9-10,12H,8H2,1-7H3. The first kappa shape index (κ1) is 12.2. The largest absolute Gasteiger partial charge is 0.0654 e. The molecule has 0 aromatic rings. The Morgan fingerprint density at radius 2 is 1.33 bits per heavy atom. The van der Waals surface area contributed by atoms with Crippen molar-refractivity contribution < 1.29 is 0 Å². The Kier molecular flexibility index (Phi) is 4.53. The van der Waals surface area contributed by atoms with E-state index in [4.69, 9.17) is 0 Å². The van der Waals surface area contributed by atoms with Crippen LogP contribution in [0.25, 0.3) is 0 Å². The second-order valence-corrected chi connectivity index (χ2v) is 10.6. The fraction of sp³-hybridized carbons (Fsp3) is 1.00. The summed E-state index contributed by atoms with van der Waals surface area (Å²) in [4.78, 5) is 0. The molecule has 0 aliphatic rings. The predicted molar refractivity (Wildman–Crippen MR) is 61.7 cm³/mol. The third-order valence-corrected chi connectivity index (χ3v) is 8.34. The molecule has 0 spiro atoms. The number of hydrogen-bond donors (Lipinski definition) is 0. The van der Waals surface area contributed by atoms with E-state index in [0.717, 1.165) is 11.1 Å². The van der Waals surface area contributed by atoms with Crippen molar-refractivity contribution in [2.45, 2.75) is 71.0 Å². The van der Waals surface area contributed by atoms with E-state index in [2.05, 4.69) is 48.5 Å². The maximum absolute atomic E-state index is 2.46. The summed E-state index contributed by atoms with van der Waals surface area (Å²) in [5.41, 5.74) is 1.89. The van der Waals surface area contributed by atoms with Gasteiger partial charge in [-0.15, -0.1) is 0 Å². The van der Waals surface area contributed by atoms with E-state index in [1.54, 1.807) is 0 Å². The first-order valence-electron chi connectivity index (χ1n) is 5.33. The lowest BCUT2D eigenvalue weighted by Crippen LogP contribution is -2.33. The highest BCUT2D eigenvalue weighted by molar-refractivity contribution is 6.64. The van der Waals surface area contributed by atoms with Gasteiger partial charge in [-0.25, -0.2) is 0 Å². The van der Waals surface area contributed by atoms with Crippen molar-refractivity contribution in [2.75, 3.05) is 0 Å². The molecule has 0 unspecified atom stereocenters. The SMILES string of the molecule is CCC(C)(C)[SiH](C(C)C)C(C)C. The van der Waals surface area contributed by atoms with E-state index in [1.165, 1.54) is 6.42 Å². The highest BCUT2D eigenvalue weighted by atomic mass is 28.3. The average Bonchev–Trinajstić information content (AvgIpc) is 1.84. The van der Waals surface area contributed by atoms with Crippen molar-refractivity contribution >= 4 is 8.80 Å². The Labute approximate surface area is 80.4 Å². The third-order valence-electron chi connectivity index (χ3n) is 3.25. The fourth-order valence-electron chi connectivity index (χ4n) is 2.81.